The number of hydrogen-bond donors (Lipinski definition) is 2. The van der Waals surface area contributed by atoms with Gasteiger partial charge in [0, 0.05) is 27.1 Å². The van der Waals surface area contributed by atoms with Crippen molar-refractivity contribution in [1.82, 2.24) is 15.2 Å². The third-order valence-electron chi connectivity index (χ3n) is 5.29. The highest BCUT2D eigenvalue weighted by atomic mass is 35.5. The zero-order chi connectivity index (χ0) is 24.4. The Labute approximate surface area is 209 Å². The number of ether oxygens (including phenoxy) is 1. The van der Waals surface area contributed by atoms with Gasteiger partial charge in [-0.05, 0) is 65.9 Å². The van der Waals surface area contributed by atoms with Gasteiger partial charge in [0.2, 0.25) is 5.89 Å². The van der Waals surface area contributed by atoms with Crippen molar-refractivity contribution in [2.45, 2.75) is 5.22 Å². The molecule has 0 radical (unpaired) electrons. The number of aromatic amines is 1. The number of H-pyrrole nitrogens is 1. The van der Waals surface area contributed by atoms with Gasteiger partial charge in [0.25, 0.3) is 5.22 Å². The van der Waals surface area contributed by atoms with E-state index in [9.17, 15) is 9.90 Å². The zero-order valence-corrected chi connectivity index (χ0v) is 19.9. The van der Waals surface area contributed by atoms with E-state index in [1.165, 1.54) is 0 Å². The molecule has 5 aromatic rings. The lowest BCUT2D eigenvalue weighted by Crippen LogP contribution is -1.97. The standard InChI is InChI=1S/C26H18ClN3O4S/c1-33-18-11-12-21-19(13-18)20(23(28-21)15-5-3-2-4-6-15)14-22(25(31)32)35-26-30-29-24(34-26)16-7-9-17(27)10-8-16/h2-14,28H,1H3,(H,31,32)/b22-14-. The number of rotatable bonds is 7. The number of nitrogens with zero attached hydrogens (tertiary/aromatic N) is 2. The van der Waals surface area contributed by atoms with Gasteiger partial charge >= 0.3 is 5.97 Å². The van der Waals surface area contributed by atoms with Crippen molar-refractivity contribution < 1.29 is 19.1 Å². The van der Waals surface area contributed by atoms with Crippen LogP contribution in [0.1, 0.15) is 5.56 Å². The Hall–Kier alpha value is -4.01. The van der Waals surface area contributed by atoms with Crippen LogP contribution in [0.5, 0.6) is 5.75 Å². The third kappa shape index (κ3) is 4.80. The smallest absolute Gasteiger partial charge is 0.342 e. The second-order valence-electron chi connectivity index (χ2n) is 7.49. The van der Waals surface area contributed by atoms with Gasteiger partial charge in [-0.2, -0.15) is 0 Å². The van der Waals surface area contributed by atoms with Crippen molar-refractivity contribution in [3.8, 4) is 28.5 Å². The maximum Gasteiger partial charge on any atom is 0.342 e. The molecule has 0 spiro atoms. The van der Waals surface area contributed by atoms with Gasteiger partial charge in [0.1, 0.15) is 10.7 Å². The molecule has 9 heteroatoms. The number of aliphatic carboxylic acids is 1. The van der Waals surface area contributed by atoms with E-state index < -0.39 is 5.97 Å². The number of hydrogen-bond acceptors (Lipinski definition) is 6. The highest BCUT2D eigenvalue weighted by molar-refractivity contribution is 8.03. The normalized spacial score (nSPS) is 11.7. The van der Waals surface area contributed by atoms with Crippen LogP contribution in [0.25, 0.3) is 39.7 Å². The summed E-state index contributed by atoms with van der Waals surface area (Å²) in [5, 5.41) is 19.6. The minimum Gasteiger partial charge on any atom is -0.497 e. The summed E-state index contributed by atoms with van der Waals surface area (Å²) in [5.74, 6) is -0.173. The van der Waals surface area contributed by atoms with Crippen LogP contribution in [-0.4, -0.2) is 33.4 Å². The molecule has 0 bridgehead atoms. The number of carbonyl (C=O) groups is 1. The molecule has 174 valence electrons. The first kappa shape index (κ1) is 22.8. The summed E-state index contributed by atoms with van der Waals surface area (Å²) in [6, 6.07) is 22.3. The molecule has 0 atom stereocenters. The van der Waals surface area contributed by atoms with Crippen molar-refractivity contribution >= 4 is 46.3 Å². The molecule has 0 saturated heterocycles. The van der Waals surface area contributed by atoms with E-state index in [1.807, 2.05) is 48.5 Å². The number of nitrogens with one attached hydrogen (secondary N) is 1. The predicted octanol–water partition coefficient (Wildman–Crippen LogP) is 6.76. The average Bonchev–Trinajstić information content (AvgIpc) is 3.49. The van der Waals surface area contributed by atoms with Crippen LogP contribution < -0.4 is 4.74 Å². The first-order chi connectivity index (χ1) is 17.0. The highest BCUT2D eigenvalue weighted by Gasteiger charge is 2.19. The topological polar surface area (TPSA) is 101 Å². The average molecular weight is 504 g/mol. The predicted molar refractivity (Wildman–Crippen MR) is 137 cm³/mol. The van der Waals surface area contributed by atoms with E-state index in [1.54, 1.807) is 37.5 Å². The molecule has 2 aromatic heterocycles. The number of fused-ring (bicyclic) bond motifs is 1. The summed E-state index contributed by atoms with van der Waals surface area (Å²) in [4.78, 5) is 15.7. The molecule has 0 aliphatic carbocycles. The lowest BCUT2D eigenvalue weighted by Gasteiger charge is -2.04. The molecule has 2 heterocycles. The molecule has 0 aliphatic rings. The van der Waals surface area contributed by atoms with Gasteiger partial charge in [-0.15, -0.1) is 10.2 Å². The number of carboxylic acid groups (broad SMARTS) is 1. The van der Waals surface area contributed by atoms with E-state index >= 15 is 0 Å². The summed E-state index contributed by atoms with van der Waals surface area (Å²) in [7, 11) is 1.59. The van der Waals surface area contributed by atoms with Crippen LogP contribution in [0.2, 0.25) is 5.02 Å². The Morgan fingerprint density at radius 2 is 1.83 bits per heavy atom. The number of methoxy groups -OCH3 is 1. The summed E-state index contributed by atoms with van der Waals surface area (Å²) in [6.07, 6.45) is 1.61. The van der Waals surface area contributed by atoms with Crippen LogP contribution in [0, 0.1) is 0 Å². The fourth-order valence-corrected chi connectivity index (χ4v) is 4.40. The molecular weight excluding hydrogens is 486 g/mol. The molecule has 0 saturated carbocycles. The molecular formula is C26H18ClN3O4S. The molecule has 0 unspecified atom stereocenters. The molecule has 0 amide bonds. The maximum absolute atomic E-state index is 12.2. The largest absolute Gasteiger partial charge is 0.497 e. The van der Waals surface area contributed by atoms with Crippen molar-refractivity contribution in [3.63, 3.8) is 0 Å². The Morgan fingerprint density at radius 1 is 1.06 bits per heavy atom. The summed E-state index contributed by atoms with van der Waals surface area (Å²) < 4.78 is 11.1. The van der Waals surface area contributed by atoms with Crippen LogP contribution in [-0.2, 0) is 4.79 Å². The summed E-state index contributed by atoms with van der Waals surface area (Å²) in [5.41, 5.74) is 3.97. The van der Waals surface area contributed by atoms with Crippen LogP contribution >= 0.6 is 23.4 Å². The van der Waals surface area contributed by atoms with E-state index in [0.29, 0.717) is 21.9 Å². The molecule has 2 N–H and O–H groups in total. The molecule has 3 aromatic carbocycles. The van der Waals surface area contributed by atoms with Gasteiger partial charge in [0.05, 0.1) is 12.8 Å². The van der Waals surface area contributed by atoms with Gasteiger partial charge in [-0.25, -0.2) is 4.79 Å². The molecule has 0 fully saturated rings. The van der Waals surface area contributed by atoms with Crippen LogP contribution in [0.15, 0.2) is 87.3 Å². The maximum atomic E-state index is 12.2. The van der Waals surface area contributed by atoms with Crippen LogP contribution in [0.4, 0.5) is 0 Å². The quantitative estimate of drug-likeness (QED) is 0.187. The fraction of sp³-hybridized carbons (Fsp3) is 0.0385. The number of benzene rings is 3. The third-order valence-corrected chi connectivity index (χ3v) is 6.39. The highest BCUT2D eigenvalue weighted by Crippen LogP contribution is 2.37. The summed E-state index contributed by atoms with van der Waals surface area (Å²) >= 11 is 6.83. The number of halogens is 1. The molecule has 5 rings (SSSR count). The monoisotopic (exact) mass is 503 g/mol. The van der Waals surface area contributed by atoms with Gasteiger partial charge in [-0.3, -0.25) is 0 Å². The Balaban J connectivity index is 1.58. The van der Waals surface area contributed by atoms with E-state index in [2.05, 4.69) is 15.2 Å². The molecule has 7 nitrogen and oxygen atoms in total. The minimum atomic E-state index is -1.11. The Morgan fingerprint density at radius 3 is 2.54 bits per heavy atom. The van der Waals surface area contributed by atoms with Gasteiger partial charge in [0.15, 0.2) is 0 Å². The molecule has 0 aliphatic heterocycles. The minimum absolute atomic E-state index is 0.0252. The summed E-state index contributed by atoms with van der Waals surface area (Å²) in [6.45, 7) is 0. The SMILES string of the molecule is COc1ccc2[nH]c(-c3ccccc3)c(/C=C(\Sc3nnc(-c4ccc(Cl)cc4)o3)C(=O)O)c2c1. The van der Waals surface area contributed by atoms with Crippen molar-refractivity contribution in [2.75, 3.05) is 7.11 Å². The lowest BCUT2D eigenvalue weighted by molar-refractivity contribution is -0.131. The van der Waals surface area contributed by atoms with Crippen molar-refractivity contribution in [1.29, 1.82) is 0 Å². The zero-order valence-electron chi connectivity index (χ0n) is 18.4. The second kappa shape index (κ2) is 9.69. The van der Waals surface area contributed by atoms with E-state index in [4.69, 9.17) is 20.8 Å². The van der Waals surface area contributed by atoms with Gasteiger partial charge < -0.3 is 19.2 Å². The number of thioether (sulfide) groups is 1. The van der Waals surface area contributed by atoms with Crippen molar-refractivity contribution in [3.05, 3.63) is 88.3 Å². The number of carboxylic acids is 1. The first-order valence-electron chi connectivity index (χ1n) is 10.5. The Bertz CT molecular complexity index is 1540. The second-order valence-corrected chi connectivity index (χ2v) is 8.92. The van der Waals surface area contributed by atoms with E-state index in [-0.39, 0.29) is 16.0 Å². The Kier molecular flexibility index (Phi) is 6.31. The molecule has 35 heavy (non-hydrogen) atoms. The number of aromatic nitrogens is 3. The van der Waals surface area contributed by atoms with Crippen molar-refractivity contribution in [2.24, 2.45) is 0 Å². The van der Waals surface area contributed by atoms with Gasteiger partial charge in [-0.1, -0.05) is 41.9 Å². The first-order valence-corrected chi connectivity index (χ1v) is 11.7. The fourth-order valence-electron chi connectivity index (χ4n) is 3.62. The lowest BCUT2D eigenvalue weighted by atomic mass is 10.0. The van der Waals surface area contributed by atoms with Crippen LogP contribution in [0.3, 0.4) is 0 Å². The van der Waals surface area contributed by atoms with E-state index in [0.717, 1.165) is 33.9 Å².